The molecule has 2 heterocycles. The number of halogens is 2. The van der Waals surface area contributed by atoms with Gasteiger partial charge in [0.15, 0.2) is 0 Å². The molecule has 2 aromatic heterocycles. The largest absolute Gasteiger partial charge is 0.450 e. The van der Waals surface area contributed by atoms with E-state index < -0.39 is 17.3 Å². The van der Waals surface area contributed by atoms with E-state index in [9.17, 15) is 19.2 Å². The lowest BCUT2D eigenvalue weighted by Gasteiger charge is -2.10. The summed E-state index contributed by atoms with van der Waals surface area (Å²) in [5.74, 6) is -1.21. The molecule has 0 bridgehead atoms. The summed E-state index contributed by atoms with van der Waals surface area (Å²) in [7, 11) is 0. The lowest BCUT2D eigenvalue weighted by Crippen LogP contribution is -2.22. The van der Waals surface area contributed by atoms with E-state index in [1.807, 2.05) is 13.0 Å². The molecule has 4 aromatic rings. The summed E-state index contributed by atoms with van der Waals surface area (Å²) < 4.78 is 21.2. The van der Waals surface area contributed by atoms with E-state index in [1.165, 1.54) is 41.1 Å². The van der Waals surface area contributed by atoms with Crippen molar-refractivity contribution in [2.45, 2.75) is 13.5 Å². The number of anilines is 1. The van der Waals surface area contributed by atoms with Gasteiger partial charge in [0.05, 0.1) is 0 Å². The molecule has 8 heteroatoms. The zero-order chi connectivity index (χ0) is 23.7. The Morgan fingerprint density at radius 1 is 1.30 bits per heavy atom. The van der Waals surface area contributed by atoms with E-state index >= 15 is 0 Å². The van der Waals surface area contributed by atoms with Crippen LogP contribution >= 0.6 is 11.6 Å². The molecule has 0 aliphatic rings. The van der Waals surface area contributed by atoms with Gasteiger partial charge in [0.25, 0.3) is 11.5 Å². The van der Waals surface area contributed by atoms with Gasteiger partial charge in [-0.05, 0) is 48.9 Å². The second-order valence-corrected chi connectivity index (χ2v) is 7.80. The summed E-state index contributed by atoms with van der Waals surface area (Å²) in [6.45, 7) is 5.59. The third-order valence-electron chi connectivity index (χ3n) is 5.13. The van der Waals surface area contributed by atoms with Gasteiger partial charge in [-0.3, -0.25) is 9.59 Å². The molecular weight excluding hydrogens is 445 g/mol. The van der Waals surface area contributed by atoms with E-state index in [0.717, 1.165) is 5.56 Å². The molecule has 0 fully saturated rings. The number of aryl methyl sites for hydroxylation is 1. The summed E-state index contributed by atoms with van der Waals surface area (Å²) in [6.07, 6.45) is 3.00. The second-order valence-electron chi connectivity index (χ2n) is 7.36. The molecular formula is C25H17ClFN3O3. The van der Waals surface area contributed by atoms with Crippen LogP contribution in [0.25, 0.3) is 22.1 Å². The van der Waals surface area contributed by atoms with Crippen LogP contribution in [0.4, 0.5) is 10.1 Å². The minimum Gasteiger partial charge on any atom is -0.450 e. The summed E-state index contributed by atoms with van der Waals surface area (Å²) in [4.78, 5) is 25.7. The zero-order valence-corrected chi connectivity index (χ0v) is 18.2. The quantitative estimate of drug-likeness (QED) is 0.388. The predicted molar refractivity (Wildman–Crippen MR) is 125 cm³/mol. The maximum atomic E-state index is 14.1. The van der Waals surface area contributed by atoms with Gasteiger partial charge >= 0.3 is 0 Å². The van der Waals surface area contributed by atoms with Crippen molar-refractivity contribution in [3.63, 3.8) is 0 Å². The first-order valence-electron chi connectivity index (χ1n) is 9.87. The molecule has 2 aromatic carbocycles. The van der Waals surface area contributed by atoms with E-state index in [1.54, 1.807) is 18.2 Å². The Labute approximate surface area is 193 Å². The summed E-state index contributed by atoms with van der Waals surface area (Å²) in [5.41, 5.74) is 1.53. The van der Waals surface area contributed by atoms with Crippen LogP contribution in [0.5, 0.6) is 0 Å². The number of pyridine rings is 1. The minimum atomic E-state index is -0.591. The number of nitrogens with zero attached hydrogens (tertiary/aromatic N) is 2. The number of hydrogen-bond donors (Lipinski definition) is 1. The van der Waals surface area contributed by atoms with Crippen molar-refractivity contribution >= 4 is 34.2 Å². The Morgan fingerprint density at radius 3 is 2.82 bits per heavy atom. The molecule has 1 amide bonds. The number of carbonyl (C=O) groups excluding carboxylic acids is 1. The van der Waals surface area contributed by atoms with Crippen LogP contribution in [0.3, 0.4) is 0 Å². The zero-order valence-electron chi connectivity index (χ0n) is 17.5. The van der Waals surface area contributed by atoms with Crippen LogP contribution in [0, 0.1) is 24.1 Å². The van der Waals surface area contributed by atoms with Crippen molar-refractivity contribution in [1.82, 2.24) is 4.57 Å². The fraction of sp³-hybridized carbons (Fsp3) is 0.0800. The van der Waals surface area contributed by atoms with Gasteiger partial charge in [0.2, 0.25) is 5.76 Å². The highest BCUT2D eigenvalue weighted by Crippen LogP contribution is 2.36. The summed E-state index contributed by atoms with van der Waals surface area (Å²) in [6, 6.07) is 12.2. The van der Waals surface area contributed by atoms with E-state index in [4.69, 9.17) is 16.0 Å². The monoisotopic (exact) mass is 461 g/mol. The number of amides is 1. The molecule has 1 N–H and O–H groups in total. The van der Waals surface area contributed by atoms with Crippen LogP contribution in [-0.4, -0.2) is 10.5 Å². The lowest BCUT2D eigenvalue weighted by molar-refractivity contribution is 0.0999. The van der Waals surface area contributed by atoms with Gasteiger partial charge < -0.3 is 14.3 Å². The van der Waals surface area contributed by atoms with Crippen LogP contribution < -0.4 is 10.9 Å². The summed E-state index contributed by atoms with van der Waals surface area (Å²) >= 11 is 6.06. The van der Waals surface area contributed by atoms with Gasteiger partial charge in [-0.15, -0.1) is 6.58 Å². The number of furan rings is 1. The van der Waals surface area contributed by atoms with Crippen LogP contribution in [-0.2, 0) is 6.54 Å². The topological polar surface area (TPSA) is 88.0 Å². The number of hydrogen-bond acceptors (Lipinski definition) is 4. The van der Waals surface area contributed by atoms with Gasteiger partial charge in [-0.2, -0.15) is 5.26 Å². The molecule has 33 heavy (non-hydrogen) atoms. The first-order chi connectivity index (χ1) is 15.8. The molecule has 0 radical (unpaired) electrons. The SMILES string of the molecule is C=CCn1cc(-c2c(C(=O)Nc3cc(Cl)ccc3C)oc3ccc(F)cc23)cc(C#N)c1=O. The first-order valence-corrected chi connectivity index (χ1v) is 10.3. The maximum absolute atomic E-state index is 14.1. The van der Waals surface area contributed by atoms with Crippen molar-refractivity contribution in [2.24, 2.45) is 0 Å². The second kappa shape index (κ2) is 8.77. The third kappa shape index (κ3) is 4.16. The number of carbonyl (C=O) groups is 1. The maximum Gasteiger partial charge on any atom is 0.292 e. The minimum absolute atomic E-state index is 0.0948. The molecule has 0 aliphatic heterocycles. The number of fused-ring (bicyclic) bond motifs is 1. The molecule has 0 atom stereocenters. The Balaban J connectivity index is 1.95. The summed E-state index contributed by atoms with van der Waals surface area (Å²) in [5, 5.41) is 13.0. The van der Waals surface area contributed by atoms with Crippen molar-refractivity contribution in [3.8, 4) is 17.2 Å². The Hall–Kier alpha value is -4.15. The van der Waals surface area contributed by atoms with E-state index in [2.05, 4.69) is 11.9 Å². The van der Waals surface area contributed by atoms with Crippen molar-refractivity contribution < 1.29 is 13.6 Å². The molecule has 0 unspecified atom stereocenters. The van der Waals surface area contributed by atoms with Crippen molar-refractivity contribution in [1.29, 1.82) is 5.26 Å². The smallest absolute Gasteiger partial charge is 0.292 e. The Morgan fingerprint density at radius 2 is 2.09 bits per heavy atom. The fourth-order valence-electron chi connectivity index (χ4n) is 3.55. The average molecular weight is 462 g/mol. The Bertz CT molecular complexity index is 1530. The number of aromatic nitrogens is 1. The molecule has 0 spiro atoms. The van der Waals surface area contributed by atoms with Crippen molar-refractivity contribution in [3.05, 3.63) is 99.4 Å². The Kier molecular flexibility index (Phi) is 5.86. The van der Waals surface area contributed by atoms with Gasteiger partial charge in [0, 0.05) is 40.0 Å². The molecule has 164 valence electrons. The number of nitrogens with one attached hydrogen (secondary N) is 1. The van der Waals surface area contributed by atoms with Gasteiger partial charge in [-0.1, -0.05) is 23.7 Å². The number of nitriles is 1. The lowest BCUT2D eigenvalue weighted by atomic mass is 10.0. The third-order valence-corrected chi connectivity index (χ3v) is 5.36. The van der Waals surface area contributed by atoms with Crippen LogP contribution in [0.15, 0.2) is 70.5 Å². The molecule has 0 aliphatic carbocycles. The highest BCUT2D eigenvalue weighted by molar-refractivity contribution is 6.31. The van der Waals surface area contributed by atoms with Crippen LogP contribution in [0.1, 0.15) is 21.7 Å². The fourth-order valence-corrected chi connectivity index (χ4v) is 3.72. The first kappa shape index (κ1) is 22.1. The standard InChI is InChI=1S/C25H17ClFN3O3/c1-3-8-30-13-16(9-15(12-28)25(30)32)22-19-11-18(27)6-7-21(19)33-23(22)24(31)29-20-10-17(26)5-4-14(20)2/h3-7,9-11,13H,1,8H2,2H3,(H,29,31). The molecule has 4 rings (SSSR count). The van der Waals surface area contributed by atoms with Crippen LogP contribution in [0.2, 0.25) is 5.02 Å². The number of rotatable bonds is 5. The predicted octanol–water partition coefficient (Wildman–Crippen LogP) is 5.67. The average Bonchev–Trinajstić information content (AvgIpc) is 3.16. The van der Waals surface area contributed by atoms with E-state index in [0.29, 0.717) is 21.7 Å². The molecule has 0 saturated heterocycles. The highest BCUT2D eigenvalue weighted by Gasteiger charge is 2.24. The molecule has 6 nitrogen and oxygen atoms in total. The van der Waals surface area contributed by atoms with Gasteiger partial charge in [-0.25, -0.2) is 4.39 Å². The van der Waals surface area contributed by atoms with E-state index in [-0.39, 0.29) is 29.0 Å². The van der Waals surface area contributed by atoms with Crippen molar-refractivity contribution in [2.75, 3.05) is 5.32 Å². The highest BCUT2D eigenvalue weighted by atomic mass is 35.5. The molecule has 0 saturated carbocycles. The normalized spacial score (nSPS) is 10.7. The number of allylic oxidation sites excluding steroid dienone is 1. The van der Waals surface area contributed by atoms with Gasteiger partial charge in [0.1, 0.15) is 23.0 Å². The number of benzene rings is 2.